The van der Waals surface area contributed by atoms with Crippen molar-refractivity contribution in [3.63, 3.8) is 0 Å². The summed E-state index contributed by atoms with van der Waals surface area (Å²) in [6, 6.07) is 19.4. The molecule has 0 unspecified atom stereocenters. The molecule has 20 heavy (non-hydrogen) atoms. The standard InChI is InChI=1S/C17H16ClNO/c1-19(13-15-10-6-3-7-11-15)17(20)16(18)12-14-8-4-2-5-9-14/h2-12H,13H2,1H3. The van der Waals surface area contributed by atoms with Crippen LogP contribution in [0.15, 0.2) is 65.7 Å². The predicted molar refractivity (Wildman–Crippen MR) is 83.2 cm³/mol. The molecule has 3 heteroatoms. The number of carbonyl (C=O) groups excluding carboxylic acids is 1. The summed E-state index contributed by atoms with van der Waals surface area (Å²) in [6.45, 7) is 0.540. The molecule has 0 spiro atoms. The normalized spacial score (nSPS) is 11.2. The molecule has 0 aliphatic carbocycles. The molecule has 0 N–H and O–H groups in total. The number of carbonyl (C=O) groups is 1. The summed E-state index contributed by atoms with van der Waals surface area (Å²) in [6.07, 6.45) is 1.69. The van der Waals surface area contributed by atoms with E-state index < -0.39 is 0 Å². The highest BCUT2D eigenvalue weighted by atomic mass is 35.5. The minimum absolute atomic E-state index is 0.181. The third-order valence-electron chi connectivity index (χ3n) is 2.91. The average molecular weight is 286 g/mol. The van der Waals surface area contributed by atoms with Crippen molar-refractivity contribution >= 4 is 23.6 Å². The Morgan fingerprint density at radius 3 is 2.20 bits per heavy atom. The van der Waals surface area contributed by atoms with Crippen molar-refractivity contribution in [2.24, 2.45) is 0 Å². The quantitative estimate of drug-likeness (QED) is 0.780. The number of nitrogens with zero attached hydrogens (tertiary/aromatic N) is 1. The van der Waals surface area contributed by atoms with Crippen LogP contribution in [0.25, 0.3) is 6.08 Å². The zero-order valence-corrected chi connectivity index (χ0v) is 12.0. The van der Waals surface area contributed by atoms with E-state index in [2.05, 4.69) is 0 Å². The zero-order chi connectivity index (χ0) is 14.4. The molecule has 0 aliphatic rings. The fourth-order valence-electron chi connectivity index (χ4n) is 1.87. The van der Waals surface area contributed by atoms with Gasteiger partial charge in [-0.3, -0.25) is 4.79 Å². The first-order valence-corrected chi connectivity index (χ1v) is 6.76. The maximum atomic E-state index is 12.2. The van der Waals surface area contributed by atoms with Gasteiger partial charge in [0.1, 0.15) is 5.03 Å². The first kappa shape index (κ1) is 14.4. The number of amides is 1. The summed E-state index contributed by atoms with van der Waals surface area (Å²) in [7, 11) is 1.75. The maximum absolute atomic E-state index is 12.2. The Morgan fingerprint density at radius 1 is 1.05 bits per heavy atom. The number of hydrogen-bond donors (Lipinski definition) is 0. The van der Waals surface area contributed by atoms with E-state index in [9.17, 15) is 4.79 Å². The zero-order valence-electron chi connectivity index (χ0n) is 11.3. The lowest BCUT2D eigenvalue weighted by Crippen LogP contribution is -2.26. The van der Waals surface area contributed by atoms with Crippen LogP contribution in [0.2, 0.25) is 0 Å². The van der Waals surface area contributed by atoms with Gasteiger partial charge in [-0.2, -0.15) is 0 Å². The van der Waals surface area contributed by atoms with Crippen molar-refractivity contribution in [1.82, 2.24) is 4.90 Å². The maximum Gasteiger partial charge on any atom is 0.265 e. The van der Waals surface area contributed by atoms with Crippen LogP contribution in [0.3, 0.4) is 0 Å². The van der Waals surface area contributed by atoms with Gasteiger partial charge in [0.05, 0.1) is 0 Å². The van der Waals surface area contributed by atoms with Gasteiger partial charge in [0.2, 0.25) is 0 Å². The molecular formula is C17H16ClNO. The molecule has 1 amide bonds. The summed E-state index contributed by atoms with van der Waals surface area (Å²) in [4.78, 5) is 13.8. The molecule has 0 aliphatic heterocycles. The third-order valence-corrected chi connectivity index (χ3v) is 3.18. The molecule has 102 valence electrons. The second-order valence-corrected chi connectivity index (χ2v) is 4.96. The van der Waals surface area contributed by atoms with E-state index in [-0.39, 0.29) is 10.9 Å². The van der Waals surface area contributed by atoms with Crippen molar-refractivity contribution in [1.29, 1.82) is 0 Å². The highest BCUT2D eigenvalue weighted by molar-refractivity contribution is 6.44. The Balaban J connectivity index is 2.05. The lowest BCUT2D eigenvalue weighted by atomic mass is 10.2. The van der Waals surface area contributed by atoms with Gasteiger partial charge >= 0.3 is 0 Å². The van der Waals surface area contributed by atoms with E-state index in [4.69, 9.17) is 11.6 Å². The van der Waals surface area contributed by atoms with Crippen LogP contribution >= 0.6 is 11.6 Å². The SMILES string of the molecule is CN(Cc1ccccc1)C(=O)C(Cl)=Cc1ccccc1. The highest BCUT2D eigenvalue weighted by Crippen LogP contribution is 2.14. The topological polar surface area (TPSA) is 20.3 Å². The van der Waals surface area contributed by atoms with Crippen molar-refractivity contribution in [2.75, 3.05) is 7.05 Å². The van der Waals surface area contributed by atoms with E-state index in [1.54, 1.807) is 18.0 Å². The molecule has 0 saturated carbocycles. The monoisotopic (exact) mass is 285 g/mol. The molecule has 2 aromatic carbocycles. The van der Waals surface area contributed by atoms with E-state index in [1.807, 2.05) is 60.7 Å². The molecular weight excluding hydrogens is 270 g/mol. The molecule has 2 aromatic rings. The number of rotatable bonds is 4. The van der Waals surface area contributed by atoms with Crippen LogP contribution in [-0.4, -0.2) is 17.9 Å². The second-order valence-electron chi connectivity index (χ2n) is 4.55. The summed E-state index contributed by atoms with van der Waals surface area (Å²) < 4.78 is 0. The third kappa shape index (κ3) is 3.97. The van der Waals surface area contributed by atoms with E-state index in [0.29, 0.717) is 6.54 Å². The van der Waals surface area contributed by atoms with Gasteiger partial charge in [-0.25, -0.2) is 0 Å². The Kier molecular flexibility index (Phi) is 4.97. The first-order valence-electron chi connectivity index (χ1n) is 6.38. The van der Waals surface area contributed by atoms with E-state index in [0.717, 1.165) is 11.1 Å². The Bertz CT molecular complexity index is 593. The van der Waals surface area contributed by atoms with Crippen LogP contribution in [0.5, 0.6) is 0 Å². The molecule has 0 radical (unpaired) electrons. The van der Waals surface area contributed by atoms with Crippen LogP contribution in [0, 0.1) is 0 Å². The van der Waals surface area contributed by atoms with E-state index in [1.165, 1.54) is 0 Å². The molecule has 2 rings (SSSR count). The molecule has 0 saturated heterocycles. The fourth-order valence-corrected chi connectivity index (χ4v) is 2.14. The highest BCUT2D eigenvalue weighted by Gasteiger charge is 2.12. The van der Waals surface area contributed by atoms with Gasteiger partial charge in [-0.1, -0.05) is 72.3 Å². The Hall–Kier alpha value is -2.06. The number of halogens is 1. The molecule has 0 bridgehead atoms. The lowest BCUT2D eigenvalue weighted by Gasteiger charge is -2.16. The summed E-state index contributed by atoms with van der Waals surface area (Å²) in [5.41, 5.74) is 1.99. The van der Waals surface area contributed by atoms with Crippen molar-refractivity contribution in [3.05, 3.63) is 76.8 Å². The number of benzene rings is 2. The van der Waals surface area contributed by atoms with Crippen LogP contribution in [-0.2, 0) is 11.3 Å². The molecule has 0 aromatic heterocycles. The smallest absolute Gasteiger partial charge is 0.265 e. The van der Waals surface area contributed by atoms with Crippen molar-refractivity contribution < 1.29 is 4.79 Å². The first-order chi connectivity index (χ1) is 9.66. The van der Waals surface area contributed by atoms with E-state index >= 15 is 0 Å². The number of hydrogen-bond acceptors (Lipinski definition) is 1. The van der Waals surface area contributed by atoms with Gasteiger partial charge < -0.3 is 4.90 Å². The molecule has 2 nitrogen and oxygen atoms in total. The van der Waals surface area contributed by atoms with Gasteiger partial charge in [0.15, 0.2) is 0 Å². The minimum atomic E-state index is -0.181. The van der Waals surface area contributed by atoms with Crippen LogP contribution < -0.4 is 0 Å². The average Bonchev–Trinajstić information content (AvgIpc) is 2.48. The van der Waals surface area contributed by atoms with Crippen LogP contribution in [0.4, 0.5) is 0 Å². The summed E-state index contributed by atoms with van der Waals surface area (Å²) in [5.74, 6) is -0.181. The second kappa shape index (κ2) is 6.92. The predicted octanol–water partition coefficient (Wildman–Crippen LogP) is 3.92. The molecule has 0 atom stereocenters. The molecule has 0 heterocycles. The largest absolute Gasteiger partial charge is 0.337 e. The Morgan fingerprint density at radius 2 is 1.60 bits per heavy atom. The van der Waals surface area contributed by atoms with Crippen LogP contribution in [0.1, 0.15) is 11.1 Å². The van der Waals surface area contributed by atoms with Gasteiger partial charge in [0.25, 0.3) is 5.91 Å². The summed E-state index contributed by atoms with van der Waals surface area (Å²) in [5, 5.41) is 0.217. The van der Waals surface area contributed by atoms with Crippen molar-refractivity contribution in [2.45, 2.75) is 6.54 Å². The lowest BCUT2D eigenvalue weighted by molar-refractivity contribution is -0.125. The van der Waals surface area contributed by atoms with Gasteiger partial charge in [-0.05, 0) is 17.2 Å². The van der Waals surface area contributed by atoms with Gasteiger partial charge in [-0.15, -0.1) is 0 Å². The number of likely N-dealkylation sites (N-methyl/N-ethyl adjacent to an activating group) is 1. The van der Waals surface area contributed by atoms with Gasteiger partial charge in [0, 0.05) is 13.6 Å². The Labute approximate surface area is 124 Å². The molecule has 0 fully saturated rings. The summed E-state index contributed by atoms with van der Waals surface area (Å²) >= 11 is 6.10. The fraction of sp³-hybridized carbons (Fsp3) is 0.118. The van der Waals surface area contributed by atoms with Crippen molar-refractivity contribution in [3.8, 4) is 0 Å². The minimum Gasteiger partial charge on any atom is -0.337 e.